The number of hydrogen-bond acceptors (Lipinski definition) is 4. The first-order valence-electron chi connectivity index (χ1n) is 2.86. The van der Waals surface area contributed by atoms with E-state index in [1.165, 1.54) is 0 Å². The first kappa shape index (κ1) is 8.47. The molecule has 6 nitrogen and oxygen atoms in total. The predicted molar refractivity (Wildman–Crippen MR) is 36.2 cm³/mol. The highest BCUT2D eigenvalue weighted by molar-refractivity contribution is 6.30. The van der Waals surface area contributed by atoms with E-state index in [0.717, 1.165) is 0 Å². The number of aliphatic hydroxyl groups is 1. The molecule has 0 aromatic heterocycles. The second-order valence-corrected chi connectivity index (χ2v) is 1.93. The summed E-state index contributed by atoms with van der Waals surface area (Å²) in [5.74, 6) is -4.86. The molecule has 2 amide bonds. The van der Waals surface area contributed by atoms with E-state index in [9.17, 15) is 14.0 Å². The van der Waals surface area contributed by atoms with E-state index in [-0.39, 0.29) is 6.41 Å². The van der Waals surface area contributed by atoms with E-state index in [1.54, 1.807) is 5.32 Å². The fraction of sp³-hybridized carbons (Fsp3) is 0.200. The summed E-state index contributed by atoms with van der Waals surface area (Å²) in [6, 6.07) is 0. The standard InChI is InChI=1S/C5H4FN3O3/c6-3-1-7-4(11)5(12,9-3)8-2-10/h1-2,12H,(H,8,10). The fourth-order valence-electron chi connectivity index (χ4n) is 0.609. The Hall–Kier alpha value is -1.63. The highest BCUT2D eigenvalue weighted by atomic mass is 19.1. The Balaban J connectivity index is 2.96. The van der Waals surface area contributed by atoms with Crippen LogP contribution < -0.4 is 5.32 Å². The number of hydrogen-bond donors (Lipinski definition) is 2. The third kappa shape index (κ3) is 1.35. The molecule has 1 aliphatic rings. The highest BCUT2D eigenvalue weighted by Gasteiger charge is 2.37. The highest BCUT2D eigenvalue weighted by Crippen LogP contribution is 2.08. The van der Waals surface area contributed by atoms with Gasteiger partial charge in [-0.25, -0.2) is 4.99 Å². The zero-order valence-electron chi connectivity index (χ0n) is 5.69. The predicted octanol–water partition coefficient (Wildman–Crippen LogP) is -1.64. The molecule has 0 saturated carbocycles. The summed E-state index contributed by atoms with van der Waals surface area (Å²) in [6.07, 6.45) is 0.568. The topological polar surface area (TPSA) is 91.1 Å². The summed E-state index contributed by atoms with van der Waals surface area (Å²) < 4.78 is 12.3. The van der Waals surface area contributed by atoms with Gasteiger partial charge in [-0.1, -0.05) is 0 Å². The van der Waals surface area contributed by atoms with Gasteiger partial charge in [0.25, 0.3) is 0 Å². The van der Waals surface area contributed by atoms with Gasteiger partial charge in [-0.05, 0) is 0 Å². The van der Waals surface area contributed by atoms with Gasteiger partial charge in [0.1, 0.15) is 0 Å². The zero-order valence-corrected chi connectivity index (χ0v) is 5.69. The molecule has 1 unspecified atom stereocenters. The molecule has 2 N–H and O–H groups in total. The van der Waals surface area contributed by atoms with Crippen molar-refractivity contribution in [1.29, 1.82) is 0 Å². The molecule has 64 valence electrons. The molecule has 12 heavy (non-hydrogen) atoms. The summed E-state index contributed by atoms with van der Waals surface area (Å²) in [6.45, 7) is 0. The summed E-state index contributed by atoms with van der Waals surface area (Å²) in [7, 11) is 0. The number of aliphatic imine (C=N–C) groups is 2. The van der Waals surface area contributed by atoms with Gasteiger partial charge in [-0.3, -0.25) is 9.59 Å². The molecule has 0 spiro atoms. The molecule has 1 heterocycles. The van der Waals surface area contributed by atoms with Crippen molar-refractivity contribution in [2.75, 3.05) is 0 Å². The van der Waals surface area contributed by atoms with E-state index in [1.807, 2.05) is 0 Å². The lowest BCUT2D eigenvalue weighted by molar-refractivity contribution is -0.142. The Labute approximate surface area is 65.8 Å². The maximum absolute atomic E-state index is 12.3. The number of halogens is 1. The first-order valence-corrected chi connectivity index (χ1v) is 2.86. The van der Waals surface area contributed by atoms with Gasteiger partial charge in [0.2, 0.25) is 12.4 Å². The molecule has 0 aromatic carbocycles. The number of amides is 2. The molecule has 0 bridgehead atoms. The van der Waals surface area contributed by atoms with Crippen molar-refractivity contribution in [3.63, 3.8) is 0 Å². The molecular weight excluding hydrogens is 169 g/mol. The van der Waals surface area contributed by atoms with Crippen LogP contribution in [-0.2, 0) is 9.59 Å². The minimum atomic E-state index is -2.58. The maximum atomic E-state index is 12.3. The van der Waals surface area contributed by atoms with Crippen molar-refractivity contribution in [2.45, 2.75) is 5.85 Å². The average Bonchev–Trinajstić information content (AvgIpc) is 1.98. The van der Waals surface area contributed by atoms with Gasteiger partial charge < -0.3 is 10.4 Å². The normalized spacial score (nSPS) is 28.2. The van der Waals surface area contributed by atoms with Gasteiger partial charge >= 0.3 is 11.8 Å². The van der Waals surface area contributed by atoms with Gasteiger partial charge in [-0.15, -0.1) is 0 Å². The van der Waals surface area contributed by atoms with Crippen LogP contribution in [0.4, 0.5) is 4.39 Å². The van der Waals surface area contributed by atoms with Crippen LogP contribution in [0.1, 0.15) is 0 Å². The van der Waals surface area contributed by atoms with Crippen LogP contribution in [0.2, 0.25) is 0 Å². The Morgan fingerprint density at radius 1 is 1.75 bits per heavy atom. The summed E-state index contributed by atoms with van der Waals surface area (Å²) >= 11 is 0. The third-order valence-electron chi connectivity index (χ3n) is 1.12. The molecule has 0 radical (unpaired) electrons. The fourth-order valence-corrected chi connectivity index (χ4v) is 0.609. The van der Waals surface area contributed by atoms with Crippen molar-refractivity contribution in [1.82, 2.24) is 5.32 Å². The Bertz CT molecular complexity index is 288. The summed E-state index contributed by atoms with van der Waals surface area (Å²) in [5, 5.41) is 10.7. The summed E-state index contributed by atoms with van der Waals surface area (Å²) in [5.41, 5.74) is 0. The molecule has 1 atom stereocenters. The SMILES string of the molecule is O=CNC1(O)N=C(F)C=NC1=O. The van der Waals surface area contributed by atoms with Gasteiger partial charge in [0, 0.05) is 0 Å². The average molecular weight is 173 g/mol. The van der Waals surface area contributed by atoms with Crippen molar-refractivity contribution in [3.8, 4) is 0 Å². The van der Waals surface area contributed by atoms with Crippen LogP contribution >= 0.6 is 0 Å². The van der Waals surface area contributed by atoms with Crippen LogP contribution in [0.15, 0.2) is 9.98 Å². The number of carbonyl (C=O) groups is 2. The number of nitrogens with one attached hydrogen (secondary N) is 1. The lowest BCUT2D eigenvalue weighted by atomic mass is 10.3. The quantitative estimate of drug-likeness (QED) is 0.387. The smallest absolute Gasteiger partial charge is 0.324 e. The minimum absolute atomic E-state index is 0.0233. The van der Waals surface area contributed by atoms with Gasteiger partial charge in [0.15, 0.2) is 0 Å². The lowest BCUT2D eigenvalue weighted by Crippen LogP contribution is -2.51. The van der Waals surface area contributed by atoms with E-state index in [0.29, 0.717) is 6.21 Å². The third-order valence-corrected chi connectivity index (χ3v) is 1.12. The van der Waals surface area contributed by atoms with Crippen LogP contribution in [0.5, 0.6) is 0 Å². The Kier molecular flexibility index (Phi) is 1.96. The van der Waals surface area contributed by atoms with Crippen molar-refractivity contribution in [2.24, 2.45) is 9.98 Å². The zero-order chi connectivity index (χ0) is 9.19. The summed E-state index contributed by atoms with van der Waals surface area (Å²) in [4.78, 5) is 26.4. The largest absolute Gasteiger partial charge is 0.345 e. The molecule has 0 saturated heterocycles. The monoisotopic (exact) mass is 173 g/mol. The van der Waals surface area contributed by atoms with Gasteiger partial charge in [-0.2, -0.15) is 9.38 Å². The second-order valence-electron chi connectivity index (χ2n) is 1.93. The minimum Gasteiger partial charge on any atom is -0.345 e. The molecule has 7 heteroatoms. The van der Waals surface area contributed by atoms with Crippen LogP contribution in [0.25, 0.3) is 0 Å². The van der Waals surface area contributed by atoms with Gasteiger partial charge in [0.05, 0.1) is 6.21 Å². The van der Waals surface area contributed by atoms with Crippen LogP contribution in [-0.4, -0.2) is 35.5 Å². The number of carbonyl (C=O) groups excluding carboxylic acids is 2. The molecule has 0 aromatic rings. The molecule has 0 aliphatic carbocycles. The first-order chi connectivity index (χ1) is 5.58. The van der Waals surface area contributed by atoms with E-state index in [2.05, 4.69) is 9.98 Å². The lowest BCUT2D eigenvalue weighted by Gasteiger charge is -2.19. The van der Waals surface area contributed by atoms with E-state index < -0.39 is 17.7 Å². The molecule has 0 fully saturated rings. The Morgan fingerprint density at radius 3 is 3.00 bits per heavy atom. The number of nitrogens with zero attached hydrogens (tertiary/aromatic N) is 2. The second kappa shape index (κ2) is 2.78. The number of rotatable bonds is 2. The molecule has 1 rings (SSSR count). The maximum Gasteiger partial charge on any atom is 0.324 e. The van der Waals surface area contributed by atoms with E-state index in [4.69, 9.17) is 5.11 Å². The van der Waals surface area contributed by atoms with Crippen molar-refractivity contribution in [3.05, 3.63) is 0 Å². The molecular formula is C5H4FN3O3. The molecule has 1 aliphatic heterocycles. The van der Waals surface area contributed by atoms with Crippen molar-refractivity contribution >= 4 is 24.5 Å². The Morgan fingerprint density at radius 2 is 2.42 bits per heavy atom. The van der Waals surface area contributed by atoms with Crippen LogP contribution in [0.3, 0.4) is 0 Å². The van der Waals surface area contributed by atoms with E-state index >= 15 is 0 Å². The van der Waals surface area contributed by atoms with Crippen LogP contribution in [0, 0.1) is 0 Å². The van der Waals surface area contributed by atoms with Crippen molar-refractivity contribution < 1.29 is 19.1 Å².